The van der Waals surface area contributed by atoms with Gasteiger partial charge in [-0.25, -0.2) is 4.79 Å². The van der Waals surface area contributed by atoms with Gasteiger partial charge in [-0.2, -0.15) is 0 Å². The molecule has 0 amide bonds. The molecule has 0 saturated carbocycles. The van der Waals surface area contributed by atoms with Crippen molar-refractivity contribution in [1.82, 2.24) is 15.0 Å². The molecule has 5 nitrogen and oxygen atoms in total. The molecule has 0 saturated heterocycles. The summed E-state index contributed by atoms with van der Waals surface area (Å²) in [5.74, 6) is 0. The van der Waals surface area contributed by atoms with Crippen molar-refractivity contribution in [3.05, 3.63) is 62.7 Å². The molecule has 0 aromatic carbocycles. The largest absolute Gasteiger partial charge is 0.325 e. The molecular formula is C10H9N3O2. The number of hydrogen-bond acceptors (Lipinski definition) is 3. The van der Waals surface area contributed by atoms with Crippen LogP contribution in [0.25, 0.3) is 0 Å². The Morgan fingerprint density at radius 1 is 1.27 bits per heavy atom. The highest BCUT2D eigenvalue weighted by Gasteiger charge is 1.98. The monoisotopic (exact) mass is 203 g/mol. The third-order valence-electron chi connectivity index (χ3n) is 1.93. The van der Waals surface area contributed by atoms with E-state index >= 15 is 0 Å². The fourth-order valence-electron chi connectivity index (χ4n) is 1.34. The van der Waals surface area contributed by atoms with E-state index in [2.05, 4.69) is 15.0 Å². The van der Waals surface area contributed by atoms with Gasteiger partial charge in [-0.1, -0.05) is 6.07 Å². The minimum atomic E-state index is -0.485. The van der Waals surface area contributed by atoms with Crippen molar-refractivity contribution in [1.29, 1.82) is 0 Å². The number of hydrogen-bond donors (Lipinski definition) is 2. The third kappa shape index (κ3) is 2.40. The van der Waals surface area contributed by atoms with Gasteiger partial charge in [-0.05, 0) is 11.6 Å². The predicted molar refractivity (Wildman–Crippen MR) is 54.7 cm³/mol. The fourth-order valence-corrected chi connectivity index (χ4v) is 1.34. The van der Waals surface area contributed by atoms with Crippen LogP contribution in [0.4, 0.5) is 0 Å². The summed E-state index contributed by atoms with van der Waals surface area (Å²) >= 11 is 0. The SMILES string of the molecule is O=c1cc(Cc2cccnc2)[nH]c(=O)[nH]1. The van der Waals surface area contributed by atoms with Crippen LogP contribution in [-0.2, 0) is 6.42 Å². The van der Waals surface area contributed by atoms with Gasteiger partial charge in [-0.15, -0.1) is 0 Å². The molecule has 0 spiro atoms. The molecule has 2 aromatic rings. The maximum atomic E-state index is 11.0. The molecule has 0 aliphatic heterocycles. The van der Waals surface area contributed by atoms with Crippen molar-refractivity contribution >= 4 is 0 Å². The Morgan fingerprint density at radius 2 is 2.13 bits per heavy atom. The number of H-pyrrole nitrogens is 2. The van der Waals surface area contributed by atoms with Crippen molar-refractivity contribution in [3.8, 4) is 0 Å². The van der Waals surface area contributed by atoms with E-state index in [9.17, 15) is 9.59 Å². The number of nitrogens with one attached hydrogen (secondary N) is 2. The van der Waals surface area contributed by atoms with Crippen LogP contribution in [0.15, 0.2) is 40.2 Å². The lowest BCUT2D eigenvalue weighted by Gasteiger charge is -1.99. The molecule has 0 atom stereocenters. The standard InChI is InChI=1S/C10H9N3O2/c14-9-5-8(12-10(15)13-9)4-7-2-1-3-11-6-7/h1-3,5-6H,4H2,(H2,12,13,14,15). The molecule has 76 valence electrons. The first-order chi connectivity index (χ1) is 7.24. The Labute approximate surface area is 84.8 Å². The minimum Gasteiger partial charge on any atom is -0.311 e. The van der Waals surface area contributed by atoms with Crippen molar-refractivity contribution in [2.75, 3.05) is 0 Å². The molecule has 0 aliphatic carbocycles. The molecule has 0 aliphatic rings. The fraction of sp³-hybridized carbons (Fsp3) is 0.100. The first-order valence-electron chi connectivity index (χ1n) is 4.45. The van der Waals surface area contributed by atoms with E-state index in [1.807, 2.05) is 6.07 Å². The molecule has 0 bridgehead atoms. The number of rotatable bonds is 2. The average Bonchev–Trinajstić information content (AvgIpc) is 2.17. The summed E-state index contributed by atoms with van der Waals surface area (Å²) in [6.07, 6.45) is 3.86. The van der Waals surface area contributed by atoms with Crippen LogP contribution in [0.3, 0.4) is 0 Å². The molecule has 2 heterocycles. The average molecular weight is 203 g/mol. The Morgan fingerprint density at radius 3 is 2.80 bits per heavy atom. The zero-order chi connectivity index (χ0) is 10.7. The summed E-state index contributed by atoms with van der Waals surface area (Å²) in [5.41, 5.74) is 0.648. The van der Waals surface area contributed by atoms with Gasteiger partial charge in [0, 0.05) is 30.6 Å². The second-order valence-electron chi connectivity index (χ2n) is 3.15. The van der Waals surface area contributed by atoms with E-state index in [1.165, 1.54) is 6.07 Å². The van der Waals surface area contributed by atoms with Crippen LogP contribution >= 0.6 is 0 Å². The van der Waals surface area contributed by atoms with E-state index in [1.54, 1.807) is 18.5 Å². The van der Waals surface area contributed by atoms with Gasteiger partial charge in [0.2, 0.25) is 0 Å². The van der Waals surface area contributed by atoms with Crippen LogP contribution in [0.5, 0.6) is 0 Å². The van der Waals surface area contributed by atoms with E-state index in [4.69, 9.17) is 0 Å². The third-order valence-corrected chi connectivity index (χ3v) is 1.93. The van der Waals surface area contributed by atoms with E-state index in [0.717, 1.165) is 5.56 Å². The van der Waals surface area contributed by atoms with Gasteiger partial charge >= 0.3 is 5.69 Å². The number of aromatic nitrogens is 3. The molecule has 2 rings (SSSR count). The lowest BCUT2D eigenvalue weighted by Crippen LogP contribution is -2.23. The Kier molecular flexibility index (Phi) is 2.45. The number of nitrogens with zero attached hydrogens (tertiary/aromatic N) is 1. The lowest BCUT2D eigenvalue weighted by molar-refractivity contribution is 0.950. The Hall–Kier alpha value is -2.17. The highest BCUT2D eigenvalue weighted by Crippen LogP contribution is 2.01. The molecule has 15 heavy (non-hydrogen) atoms. The topological polar surface area (TPSA) is 78.6 Å². The van der Waals surface area contributed by atoms with Crippen molar-refractivity contribution in [3.63, 3.8) is 0 Å². The van der Waals surface area contributed by atoms with E-state index < -0.39 is 11.2 Å². The number of pyridine rings is 1. The molecule has 0 radical (unpaired) electrons. The molecular weight excluding hydrogens is 194 g/mol. The summed E-state index contributed by atoms with van der Waals surface area (Å²) in [6.45, 7) is 0. The zero-order valence-corrected chi connectivity index (χ0v) is 7.86. The molecule has 5 heteroatoms. The lowest BCUT2D eigenvalue weighted by atomic mass is 10.1. The highest BCUT2D eigenvalue weighted by molar-refractivity contribution is 5.16. The van der Waals surface area contributed by atoms with Crippen LogP contribution in [0, 0.1) is 0 Å². The summed E-state index contributed by atoms with van der Waals surface area (Å²) < 4.78 is 0. The highest BCUT2D eigenvalue weighted by atomic mass is 16.2. The van der Waals surface area contributed by atoms with Gasteiger partial charge < -0.3 is 4.98 Å². The van der Waals surface area contributed by atoms with Crippen molar-refractivity contribution < 1.29 is 0 Å². The Bertz CT molecular complexity index is 528. The summed E-state index contributed by atoms with van der Waals surface area (Å²) in [7, 11) is 0. The second kappa shape index (κ2) is 3.91. The zero-order valence-electron chi connectivity index (χ0n) is 7.86. The molecule has 2 N–H and O–H groups in total. The van der Waals surface area contributed by atoms with Crippen LogP contribution in [0.2, 0.25) is 0 Å². The van der Waals surface area contributed by atoms with Crippen molar-refractivity contribution in [2.45, 2.75) is 6.42 Å². The predicted octanol–water partition coefficient (Wildman–Crippen LogP) is 0.0490. The first-order valence-corrected chi connectivity index (χ1v) is 4.45. The summed E-state index contributed by atoms with van der Waals surface area (Å²) in [6, 6.07) is 5.06. The second-order valence-corrected chi connectivity index (χ2v) is 3.15. The number of aromatic amines is 2. The summed E-state index contributed by atoms with van der Waals surface area (Å²) in [4.78, 5) is 30.6. The van der Waals surface area contributed by atoms with Gasteiger partial charge in [0.15, 0.2) is 0 Å². The normalized spacial score (nSPS) is 10.1. The quantitative estimate of drug-likeness (QED) is 0.723. The van der Waals surface area contributed by atoms with Crippen LogP contribution in [0.1, 0.15) is 11.3 Å². The minimum absolute atomic E-state index is 0.391. The molecule has 2 aromatic heterocycles. The molecule has 0 fully saturated rings. The van der Waals surface area contributed by atoms with Crippen LogP contribution < -0.4 is 11.2 Å². The summed E-state index contributed by atoms with van der Waals surface area (Å²) in [5, 5.41) is 0. The van der Waals surface area contributed by atoms with Gasteiger partial charge in [0.05, 0.1) is 0 Å². The van der Waals surface area contributed by atoms with E-state index in [0.29, 0.717) is 12.1 Å². The smallest absolute Gasteiger partial charge is 0.311 e. The first kappa shape index (κ1) is 9.39. The maximum absolute atomic E-state index is 11.0. The Balaban J connectivity index is 2.33. The van der Waals surface area contributed by atoms with Gasteiger partial charge in [0.1, 0.15) is 0 Å². The van der Waals surface area contributed by atoms with Gasteiger partial charge in [0.25, 0.3) is 5.56 Å². The van der Waals surface area contributed by atoms with Gasteiger partial charge in [-0.3, -0.25) is 14.8 Å². The van der Waals surface area contributed by atoms with E-state index in [-0.39, 0.29) is 0 Å². The van der Waals surface area contributed by atoms with Crippen molar-refractivity contribution in [2.24, 2.45) is 0 Å². The van der Waals surface area contributed by atoms with Crippen LogP contribution in [-0.4, -0.2) is 15.0 Å². The molecule has 0 unspecified atom stereocenters. The maximum Gasteiger partial charge on any atom is 0.325 e.